The Labute approximate surface area is 232 Å². The van der Waals surface area contributed by atoms with Crippen LogP contribution in [0.3, 0.4) is 0 Å². The first-order valence-electron chi connectivity index (χ1n) is 13.2. The Morgan fingerprint density at radius 1 is 0.410 bits per heavy atom. The van der Waals surface area contributed by atoms with Crippen LogP contribution in [-0.4, -0.2) is 19.1 Å². The van der Waals surface area contributed by atoms with Crippen molar-refractivity contribution < 1.29 is 0 Å². The molecule has 0 aliphatic heterocycles. The summed E-state index contributed by atoms with van der Waals surface area (Å²) in [6.07, 6.45) is 0. The standard InChI is InChI=1S/C36H24N2Se/c1-3-11-25(12-4-1)37(28-20-22-36-32(24-28)30-16-8-10-18-35(30)39-36)27-19-21-34-31(23-27)29-15-7-9-17-33(29)38(34)26-13-5-2-6-14-26/h1-24H. The van der Waals surface area contributed by atoms with E-state index >= 15 is 0 Å². The van der Waals surface area contributed by atoms with Crippen molar-refractivity contribution in [1.29, 1.82) is 0 Å². The van der Waals surface area contributed by atoms with Crippen molar-refractivity contribution in [3.8, 4) is 5.69 Å². The van der Waals surface area contributed by atoms with Crippen LogP contribution in [0.15, 0.2) is 146 Å². The molecule has 39 heavy (non-hydrogen) atoms. The van der Waals surface area contributed by atoms with Crippen molar-refractivity contribution in [2.45, 2.75) is 0 Å². The molecule has 0 aliphatic rings. The number of hydrogen-bond acceptors (Lipinski definition) is 1. The Bertz CT molecular complexity index is 2120. The number of nitrogens with zero attached hydrogens (tertiary/aromatic N) is 2. The van der Waals surface area contributed by atoms with Crippen molar-refractivity contribution in [3.63, 3.8) is 0 Å². The van der Waals surface area contributed by atoms with E-state index in [1.165, 1.54) is 52.5 Å². The van der Waals surface area contributed by atoms with E-state index < -0.39 is 0 Å². The molecule has 0 saturated carbocycles. The molecule has 0 amide bonds. The Kier molecular flexibility index (Phi) is 5.19. The van der Waals surface area contributed by atoms with Gasteiger partial charge in [0.25, 0.3) is 0 Å². The van der Waals surface area contributed by atoms with Crippen LogP contribution in [0.1, 0.15) is 0 Å². The van der Waals surface area contributed by atoms with Gasteiger partial charge in [-0.05, 0) is 0 Å². The van der Waals surface area contributed by atoms with Gasteiger partial charge in [0.05, 0.1) is 0 Å². The molecule has 8 rings (SSSR count). The van der Waals surface area contributed by atoms with Gasteiger partial charge in [-0.1, -0.05) is 18.2 Å². The molecular formula is C36H24N2Se. The van der Waals surface area contributed by atoms with Gasteiger partial charge in [0.2, 0.25) is 0 Å². The molecule has 0 radical (unpaired) electrons. The average Bonchev–Trinajstić information content (AvgIpc) is 3.54. The first-order valence-corrected chi connectivity index (χ1v) is 14.9. The summed E-state index contributed by atoms with van der Waals surface area (Å²) in [6.45, 7) is 0. The van der Waals surface area contributed by atoms with Gasteiger partial charge in [0.1, 0.15) is 0 Å². The van der Waals surface area contributed by atoms with Crippen LogP contribution >= 0.6 is 0 Å². The molecule has 0 atom stereocenters. The first-order chi connectivity index (χ1) is 19.3. The maximum absolute atomic E-state index is 2.39. The predicted molar refractivity (Wildman–Crippen MR) is 167 cm³/mol. The summed E-state index contributed by atoms with van der Waals surface area (Å²) >= 11 is 0.361. The Hall–Kier alpha value is -4.56. The summed E-state index contributed by atoms with van der Waals surface area (Å²) in [5, 5.41) is 5.26. The molecular weight excluding hydrogens is 539 g/mol. The Morgan fingerprint density at radius 3 is 1.82 bits per heavy atom. The van der Waals surface area contributed by atoms with Crippen LogP contribution < -0.4 is 4.90 Å². The van der Waals surface area contributed by atoms with Gasteiger partial charge in [0, 0.05) is 0 Å². The van der Waals surface area contributed by atoms with Crippen molar-refractivity contribution >= 4 is 72.7 Å². The molecule has 6 aromatic carbocycles. The molecule has 3 heteroatoms. The summed E-state index contributed by atoms with van der Waals surface area (Å²) in [7, 11) is 0. The first kappa shape index (κ1) is 22.4. The van der Waals surface area contributed by atoms with Crippen LogP contribution in [0.25, 0.3) is 46.8 Å². The molecule has 2 nitrogen and oxygen atoms in total. The van der Waals surface area contributed by atoms with E-state index in [0.717, 1.165) is 11.4 Å². The van der Waals surface area contributed by atoms with Crippen molar-refractivity contribution in [2.24, 2.45) is 0 Å². The molecule has 0 unspecified atom stereocenters. The minimum atomic E-state index is 0.361. The fourth-order valence-corrected chi connectivity index (χ4v) is 8.11. The van der Waals surface area contributed by atoms with E-state index in [1.807, 2.05) is 0 Å². The molecule has 2 heterocycles. The molecule has 0 aliphatic carbocycles. The Morgan fingerprint density at radius 2 is 1.00 bits per heavy atom. The quantitative estimate of drug-likeness (QED) is 0.194. The summed E-state index contributed by atoms with van der Waals surface area (Å²) in [5.74, 6) is 0. The van der Waals surface area contributed by atoms with Gasteiger partial charge in [-0.2, -0.15) is 0 Å². The summed E-state index contributed by atoms with van der Waals surface area (Å²) in [6, 6.07) is 52.8. The van der Waals surface area contributed by atoms with E-state index in [0.29, 0.717) is 14.5 Å². The number of rotatable bonds is 4. The number of benzene rings is 6. The minimum absolute atomic E-state index is 0.361. The van der Waals surface area contributed by atoms with E-state index in [-0.39, 0.29) is 0 Å². The topological polar surface area (TPSA) is 8.17 Å². The molecule has 0 N–H and O–H groups in total. The molecule has 8 aromatic rings. The second-order valence-corrected chi connectivity index (χ2v) is 12.1. The number of hydrogen-bond donors (Lipinski definition) is 0. The van der Waals surface area contributed by atoms with Gasteiger partial charge in [-0.3, -0.25) is 0 Å². The molecule has 0 spiro atoms. The second kappa shape index (κ2) is 9.03. The van der Waals surface area contributed by atoms with Crippen LogP contribution in [0.2, 0.25) is 0 Å². The van der Waals surface area contributed by atoms with E-state index in [4.69, 9.17) is 0 Å². The van der Waals surface area contributed by atoms with Gasteiger partial charge >= 0.3 is 215 Å². The SMILES string of the molecule is c1ccc(N(c2ccc3[se]c4ccccc4c3c2)c2ccc3c(c2)c2ccccc2n3-c2ccccc2)cc1. The molecule has 184 valence electrons. The third kappa shape index (κ3) is 3.63. The normalized spacial score (nSPS) is 11.6. The zero-order chi connectivity index (χ0) is 25.8. The fourth-order valence-electron chi connectivity index (χ4n) is 5.83. The zero-order valence-corrected chi connectivity index (χ0v) is 22.9. The van der Waals surface area contributed by atoms with Crippen molar-refractivity contribution in [1.82, 2.24) is 4.57 Å². The Balaban J connectivity index is 1.38. The van der Waals surface area contributed by atoms with Crippen LogP contribution in [-0.2, 0) is 0 Å². The molecule has 2 aromatic heterocycles. The van der Waals surface area contributed by atoms with Crippen molar-refractivity contribution in [3.05, 3.63) is 146 Å². The fraction of sp³-hybridized carbons (Fsp3) is 0. The summed E-state index contributed by atoms with van der Waals surface area (Å²) in [4.78, 5) is 2.39. The van der Waals surface area contributed by atoms with Crippen LogP contribution in [0, 0.1) is 0 Å². The van der Waals surface area contributed by atoms with Gasteiger partial charge < -0.3 is 0 Å². The molecule has 0 bridgehead atoms. The third-order valence-electron chi connectivity index (χ3n) is 7.56. The summed E-state index contributed by atoms with van der Waals surface area (Å²) in [5.41, 5.74) is 7.10. The molecule has 0 fully saturated rings. The number of para-hydroxylation sites is 3. The van der Waals surface area contributed by atoms with Gasteiger partial charge in [-0.15, -0.1) is 0 Å². The predicted octanol–water partition coefficient (Wildman–Crippen LogP) is 9.62. The number of aromatic nitrogens is 1. The van der Waals surface area contributed by atoms with Crippen molar-refractivity contribution in [2.75, 3.05) is 4.90 Å². The molecule has 0 saturated heterocycles. The van der Waals surface area contributed by atoms with E-state index in [9.17, 15) is 0 Å². The maximum atomic E-state index is 2.39. The van der Waals surface area contributed by atoms with Crippen LogP contribution in [0.5, 0.6) is 0 Å². The van der Waals surface area contributed by atoms with E-state index in [2.05, 4.69) is 155 Å². The second-order valence-electron chi connectivity index (χ2n) is 9.84. The van der Waals surface area contributed by atoms with Gasteiger partial charge in [-0.25, -0.2) is 0 Å². The number of fused-ring (bicyclic) bond motifs is 6. The third-order valence-corrected chi connectivity index (χ3v) is 9.98. The summed E-state index contributed by atoms with van der Waals surface area (Å²) < 4.78 is 5.30. The zero-order valence-electron chi connectivity index (χ0n) is 21.2. The number of anilines is 3. The van der Waals surface area contributed by atoms with Gasteiger partial charge in [0.15, 0.2) is 0 Å². The average molecular weight is 564 g/mol. The monoisotopic (exact) mass is 564 g/mol. The van der Waals surface area contributed by atoms with Crippen LogP contribution in [0.4, 0.5) is 17.1 Å². The van der Waals surface area contributed by atoms with E-state index in [1.54, 1.807) is 0 Å².